The van der Waals surface area contributed by atoms with Crippen molar-refractivity contribution in [3.05, 3.63) is 99.3 Å². The first-order valence-electron chi connectivity index (χ1n) is 8.75. The molecule has 0 bridgehead atoms. The second-order valence-electron chi connectivity index (χ2n) is 6.46. The van der Waals surface area contributed by atoms with Crippen LogP contribution in [-0.2, 0) is 0 Å². The van der Waals surface area contributed by atoms with Gasteiger partial charge in [0.15, 0.2) is 0 Å². The molecule has 0 spiro atoms. The molecule has 3 aromatic carbocycles. The van der Waals surface area contributed by atoms with Crippen LogP contribution >= 0.6 is 23.2 Å². The summed E-state index contributed by atoms with van der Waals surface area (Å²) in [6.07, 6.45) is 0. The Kier molecular flexibility index (Phi) is 5.25. The second kappa shape index (κ2) is 7.82. The lowest BCUT2D eigenvalue weighted by Crippen LogP contribution is -2.26. The summed E-state index contributed by atoms with van der Waals surface area (Å²) in [4.78, 5) is 4.82. The number of benzene rings is 3. The van der Waals surface area contributed by atoms with Gasteiger partial charge < -0.3 is 10.1 Å². The van der Waals surface area contributed by atoms with Crippen LogP contribution in [0.4, 0.5) is 4.39 Å². The first-order chi connectivity index (χ1) is 13.6. The Balaban J connectivity index is 1.80. The summed E-state index contributed by atoms with van der Waals surface area (Å²) >= 11 is 12.1. The van der Waals surface area contributed by atoms with Crippen molar-refractivity contribution in [2.45, 2.75) is 12.1 Å². The van der Waals surface area contributed by atoms with Crippen LogP contribution < -0.4 is 10.1 Å². The molecule has 6 heteroatoms. The molecule has 0 unspecified atom stereocenters. The van der Waals surface area contributed by atoms with E-state index in [4.69, 9.17) is 32.9 Å². The molecule has 0 fully saturated rings. The second-order valence-corrected chi connectivity index (χ2v) is 7.34. The number of ether oxygens (including phenoxy) is 1. The van der Waals surface area contributed by atoms with E-state index in [2.05, 4.69) is 5.32 Å². The van der Waals surface area contributed by atoms with E-state index in [1.165, 1.54) is 13.2 Å². The normalized spacial score (nSPS) is 18.5. The first kappa shape index (κ1) is 18.8. The molecule has 0 radical (unpaired) electrons. The maximum Gasteiger partial charge on any atom is 0.137 e. The Labute approximate surface area is 172 Å². The van der Waals surface area contributed by atoms with E-state index in [0.717, 1.165) is 11.1 Å². The average molecular weight is 415 g/mol. The molecule has 1 aliphatic heterocycles. The highest BCUT2D eigenvalue weighted by Gasteiger charge is 2.33. The molecular formula is C22H17Cl2FN2O. The maximum atomic E-state index is 14.6. The van der Waals surface area contributed by atoms with Crippen molar-refractivity contribution in [3.8, 4) is 5.75 Å². The van der Waals surface area contributed by atoms with Crippen molar-refractivity contribution in [3.63, 3.8) is 0 Å². The van der Waals surface area contributed by atoms with E-state index >= 15 is 0 Å². The largest absolute Gasteiger partial charge is 0.496 e. The lowest BCUT2D eigenvalue weighted by Gasteiger charge is -2.20. The van der Waals surface area contributed by atoms with Crippen molar-refractivity contribution in [2.24, 2.45) is 4.99 Å². The molecule has 2 atom stereocenters. The molecule has 1 heterocycles. The number of aliphatic imine (C=N–C) groups is 1. The van der Waals surface area contributed by atoms with Gasteiger partial charge in [-0.05, 0) is 47.5 Å². The molecule has 1 N–H and O–H groups in total. The minimum Gasteiger partial charge on any atom is -0.496 e. The van der Waals surface area contributed by atoms with Crippen LogP contribution in [0.1, 0.15) is 28.8 Å². The summed E-state index contributed by atoms with van der Waals surface area (Å²) in [5.41, 5.74) is 2.29. The number of methoxy groups -OCH3 is 1. The molecule has 28 heavy (non-hydrogen) atoms. The smallest absolute Gasteiger partial charge is 0.137 e. The molecule has 0 aromatic heterocycles. The highest BCUT2D eigenvalue weighted by molar-refractivity contribution is 6.30. The Hall–Kier alpha value is -2.56. The van der Waals surface area contributed by atoms with E-state index in [9.17, 15) is 4.39 Å². The van der Waals surface area contributed by atoms with Crippen LogP contribution in [0, 0.1) is 5.82 Å². The van der Waals surface area contributed by atoms with Gasteiger partial charge in [0.25, 0.3) is 0 Å². The number of hydrogen-bond acceptors (Lipinski definition) is 3. The quantitative estimate of drug-likeness (QED) is 0.569. The van der Waals surface area contributed by atoms with E-state index < -0.39 is 5.82 Å². The third-order valence-corrected chi connectivity index (χ3v) is 5.25. The van der Waals surface area contributed by atoms with Crippen molar-refractivity contribution in [1.29, 1.82) is 0 Å². The monoisotopic (exact) mass is 414 g/mol. The first-order valence-corrected chi connectivity index (χ1v) is 9.50. The van der Waals surface area contributed by atoms with Gasteiger partial charge in [0.1, 0.15) is 23.4 Å². The predicted octanol–water partition coefficient (Wildman–Crippen LogP) is 5.97. The summed E-state index contributed by atoms with van der Waals surface area (Å²) in [5, 5.41) is 4.68. The van der Waals surface area contributed by atoms with Crippen LogP contribution in [0.3, 0.4) is 0 Å². The molecular weight excluding hydrogens is 398 g/mol. The number of amidine groups is 1. The number of nitrogens with one attached hydrogen (secondary N) is 1. The molecule has 0 amide bonds. The minimum absolute atomic E-state index is 0.183. The van der Waals surface area contributed by atoms with Crippen LogP contribution in [0.15, 0.2) is 71.7 Å². The van der Waals surface area contributed by atoms with Crippen molar-refractivity contribution < 1.29 is 9.13 Å². The van der Waals surface area contributed by atoms with Gasteiger partial charge in [-0.3, -0.25) is 4.99 Å². The molecule has 142 valence electrons. The average Bonchev–Trinajstić information content (AvgIpc) is 3.13. The summed E-state index contributed by atoms with van der Waals surface area (Å²) in [6, 6.07) is 19.4. The zero-order valence-corrected chi connectivity index (χ0v) is 16.5. The SMILES string of the molecule is COc1cccc(F)c1C1=N[C@@H](c2ccc(Cl)cc2)[C@@H](c2ccc(Cl)cc2)N1. The third kappa shape index (κ3) is 3.58. The highest BCUT2D eigenvalue weighted by atomic mass is 35.5. The van der Waals surface area contributed by atoms with Gasteiger partial charge in [0, 0.05) is 10.0 Å². The van der Waals surface area contributed by atoms with E-state index in [0.29, 0.717) is 27.2 Å². The lowest BCUT2D eigenvalue weighted by molar-refractivity contribution is 0.410. The summed E-state index contributed by atoms with van der Waals surface area (Å²) in [7, 11) is 1.52. The van der Waals surface area contributed by atoms with Crippen LogP contribution in [-0.4, -0.2) is 12.9 Å². The molecule has 3 aromatic rings. The number of halogens is 3. The number of hydrogen-bond donors (Lipinski definition) is 1. The van der Waals surface area contributed by atoms with E-state index in [1.807, 2.05) is 48.5 Å². The molecule has 0 aliphatic carbocycles. The lowest BCUT2D eigenvalue weighted by atomic mass is 9.95. The minimum atomic E-state index is -0.391. The van der Waals surface area contributed by atoms with Gasteiger partial charge >= 0.3 is 0 Å². The molecule has 1 aliphatic rings. The molecule has 4 rings (SSSR count). The van der Waals surface area contributed by atoms with Gasteiger partial charge in [0.05, 0.1) is 18.7 Å². The summed E-state index contributed by atoms with van der Waals surface area (Å²) in [5.74, 6) is 0.491. The molecule has 0 saturated carbocycles. The van der Waals surface area contributed by atoms with Crippen molar-refractivity contribution in [2.75, 3.05) is 7.11 Å². The maximum absolute atomic E-state index is 14.6. The topological polar surface area (TPSA) is 33.6 Å². The third-order valence-electron chi connectivity index (χ3n) is 4.75. The van der Waals surface area contributed by atoms with Gasteiger partial charge in [-0.15, -0.1) is 0 Å². The zero-order valence-electron chi connectivity index (χ0n) is 15.0. The van der Waals surface area contributed by atoms with Crippen LogP contribution in [0.2, 0.25) is 10.0 Å². The van der Waals surface area contributed by atoms with Gasteiger partial charge in [-0.25, -0.2) is 4.39 Å². The fraction of sp³-hybridized carbons (Fsp3) is 0.136. The summed E-state index contributed by atoms with van der Waals surface area (Å²) < 4.78 is 20.0. The fourth-order valence-electron chi connectivity index (χ4n) is 3.38. The molecule has 0 saturated heterocycles. The number of nitrogens with zero attached hydrogens (tertiary/aromatic N) is 1. The highest BCUT2D eigenvalue weighted by Crippen LogP contribution is 2.39. The van der Waals surface area contributed by atoms with Crippen molar-refractivity contribution in [1.82, 2.24) is 5.32 Å². The van der Waals surface area contributed by atoms with Crippen LogP contribution in [0.25, 0.3) is 0 Å². The van der Waals surface area contributed by atoms with Gasteiger partial charge in [0.2, 0.25) is 0 Å². The van der Waals surface area contributed by atoms with Crippen LogP contribution in [0.5, 0.6) is 5.75 Å². The number of rotatable bonds is 4. The van der Waals surface area contributed by atoms with Gasteiger partial charge in [-0.1, -0.05) is 53.5 Å². The Morgan fingerprint density at radius 1 is 0.893 bits per heavy atom. The summed E-state index contributed by atoms with van der Waals surface area (Å²) in [6.45, 7) is 0. The van der Waals surface area contributed by atoms with E-state index in [1.54, 1.807) is 12.1 Å². The Bertz CT molecular complexity index is 1020. The zero-order chi connectivity index (χ0) is 19.7. The standard InChI is InChI=1S/C22H17Cl2FN2O/c1-28-18-4-2-3-17(25)19(18)22-26-20(13-5-9-15(23)10-6-13)21(27-22)14-7-11-16(24)12-8-14/h2-12,20-21H,1H3,(H,26,27)/t20-,21+. The Morgan fingerprint density at radius 3 is 2.11 bits per heavy atom. The van der Waals surface area contributed by atoms with Gasteiger partial charge in [-0.2, -0.15) is 0 Å². The van der Waals surface area contributed by atoms with E-state index in [-0.39, 0.29) is 12.1 Å². The fourth-order valence-corrected chi connectivity index (χ4v) is 3.63. The molecule has 3 nitrogen and oxygen atoms in total. The predicted molar refractivity (Wildman–Crippen MR) is 111 cm³/mol. The van der Waals surface area contributed by atoms with Crippen molar-refractivity contribution >= 4 is 29.0 Å². The Morgan fingerprint density at radius 2 is 1.50 bits per heavy atom.